The molecule has 1 N–H and O–H groups in total. The Labute approximate surface area is 123 Å². The summed E-state index contributed by atoms with van der Waals surface area (Å²) in [4.78, 5) is 18.4. The van der Waals surface area contributed by atoms with E-state index >= 15 is 0 Å². The van der Waals surface area contributed by atoms with E-state index in [2.05, 4.69) is 4.98 Å². The van der Waals surface area contributed by atoms with Crippen LogP contribution in [0.25, 0.3) is 0 Å². The summed E-state index contributed by atoms with van der Waals surface area (Å²) in [7, 11) is 1.87. The lowest BCUT2D eigenvalue weighted by atomic mass is 9.90. The van der Waals surface area contributed by atoms with Crippen molar-refractivity contribution in [2.24, 2.45) is 13.0 Å². The van der Waals surface area contributed by atoms with Gasteiger partial charge in [0.1, 0.15) is 5.69 Å². The summed E-state index contributed by atoms with van der Waals surface area (Å²) in [6, 6.07) is 7.62. The van der Waals surface area contributed by atoms with Crippen LogP contribution in [0.5, 0.6) is 0 Å². The van der Waals surface area contributed by atoms with Crippen molar-refractivity contribution < 1.29 is 9.90 Å². The summed E-state index contributed by atoms with van der Waals surface area (Å²) in [5.74, 6) is 0.274. The predicted octanol–water partition coefficient (Wildman–Crippen LogP) is 1.27. The van der Waals surface area contributed by atoms with E-state index in [4.69, 9.17) is 0 Å². The van der Waals surface area contributed by atoms with Crippen LogP contribution in [-0.2, 0) is 7.05 Å². The highest BCUT2D eigenvalue weighted by Gasteiger charge is 2.36. The largest absolute Gasteiger partial charge is 0.396 e. The molecule has 21 heavy (non-hydrogen) atoms. The molecule has 2 aromatic heterocycles. The monoisotopic (exact) mass is 285 g/mol. The molecule has 1 amide bonds. The molecule has 5 heteroatoms. The summed E-state index contributed by atoms with van der Waals surface area (Å²) in [6.45, 7) is 1.32. The maximum absolute atomic E-state index is 12.6. The highest BCUT2D eigenvalue weighted by atomic mass is 16.3. The first-order valence-electron chi connectivity index (χ1n) is 7.12. The number of hydrogen-bond acceptors (Lipinski definition) is 3. The lowest BCUT2D eigenvalue weighted by Gasteiger charge is -2.17. The van der Waals surface area contributed by atoms with E-state index in [9.17, 15) is 9.90 Å². The molecule has 5 nitrogen and oxygen atoms in total. The van der Waals surface area contributed by atoms with Gasteiger partial charge in [-0.2, -0.15) is 0 Å². The Bertz CT molecular complexity index is 623. The second-order valence-corrected chi connectivity index (χ2v) is 5.54. The normalized spacial score (nSPS) is 21.7. The van der Waals surface area contributed by atoms with Crippen molar-refractivity contribution in [3.05, 3.63) is 54.1 Å². The maximum Gasteiger partial charge on any atom is 0.270 e. The molecule has 1 saturated heterocycles. The number of amides is 1. The zero-order valence-corrected chi connectivity index (χ0v) is 12.0. The van der Waals surface area contributed by atoms with Gasteiger partial charge in [-0.25, -0.2) is 0 Å². The fraction of sp³-hybridized carbons (Fsp3) is 0.375. The van der Waals surface area contributed by atoms with Crippen LogP contribution in [0.2, 0.25) is 0 Å². The summed E-state index contributed by atoms with van der Waals surface area (Å²) in [5, 5.41) is 9.62. The van der Waals surface area contributed by atoms with Crippen LogP contribution in [-0.4, -0.2) is 45.2 Å². The molecule has 1 aliphatic heterocycles. The Morgan fingerprint density at radius 1 is 1.33 bits per heavy atom. The van der Waals surface area contributed by atoms with Gasteiger partial charge in [0, 0.05) is 57.2 Å². The van der Waals surface area contributed by atoms with Crippen molar-refractivity contribution in [3.8, 4) is 0 Å². The minimum Gasteiger partial charge on any atom is -0.396 e. The molecule has 0 bridgehead atoms. The van der Waals surface area contributed by atoms with Crippen molar-refractivity contribution >= 4 is 5.91 Å². The first kappa shape index (κ1) is 13.8. The zero-order valence-electron chi connectivity index (χ0n) is 12.0. The van der Waals surface area contributed by atoms with Gasteiger partial charge in [0.15, 0.2) is 0 Å². The standard InChI is InChI=1S/C16H19N3O2/c1-18-8-2-3-15(18)16(21)19-9-13(11-20)14(10-19)12-4-6-17-7-5-12/h2-8,13-14,20H,9-11H2,1H3/t13-,14-/m0/s1. The molecule has 1 fully saturated rings. The van der Waals surface area contributed by atoms with E-state index < -0.39 is 0 Å². The van der Waals surface area contributed by atoms with E-state index in [0.717, 1.165) is 5.56 Å². The Kier molecular flexibility index (Phi) is 3.75. The average molecular weight is 285 g/mol. The van der Waals surface area contributed by atoms with Gasteiger partial charge in [0.25, 0.3) is 5.91 Å². The van der Waals surface area contributed by atoms with Crippen molar-refractivity contribution in [2.75, 3.05) is 19.7 Å². The number of aromatic nitrogens is 2. The van der Waals surface area contributed by atoms with Gasteiger partial charge in [0.05, 0.1) is 0 Å². The third kappa shape index (κ3) is 2.56. The fourth-order valence-electron chi connectivity index (χ4n) is 3.06. The van der Waals surface area contributed by atoms with Crippen LogP contribution < -0.4 is 0 Å². The number of hydrogen-bond donors (Lipinski definition) is 1. The number of likely N-dealkylation sites (tertiary alicyclic amines) is 1. The lowest BCUT2D eigenvalue weighted by molar-refractivity contribution is 0.0772. The van der Waals surface area contributed by atoms with E-state index in [0.29, 0.717) is 18.8 Å². The molecule has 2 atom stereocenters. The van der Waals surface area contributed by atoms with Crippen LogP contribution in [0.15, 0.2) is 42.9 Å². The summed E-state index contributed by atoms with van der Waals surface area (Å²) < 4.78 is 1.83. The third-order valence-corrected chi connectivity index (χ3v) is 4.26. The molecular weight excluding hydrogens is 266 g/mol. The van der Waals surface area contributed by atoms with Gasteiger partial charge < -0.3 is 14.6 Å². The number of aliphatic hydroxyl groups excluding tert-OH is 1. The zero-order chi connectivity index (χ0) is 14.8. The number of carbonyl (C=O) groups excluding carboxylic acids is 1. The van der Waals surface area contributed by atoms with Crippen LogP contribution >= 0.6 is 0 Å². The number of rotatable bonds is 3. The number of pyridine rings is 1. The van der Waals surface area contributed by atoms with E-state index in [1.165, 1.54) is 0 Å². The molecule has 0 aliphatic carbocycles. The van der Waals surface area contributed by atoms with Crippen LogP contribution in [0, 0.1) is 5.92 Å². The summed E-state index contributed by atoms with van der Waals surface area (Å²) in [5.41, 5.74) is 1.81. The Morgan fingerprint density at radius 3 is 2.71 bits per heavy atom. The Balaban J connectivity index is 1.81. The second kappa shape index (κ2) is 5.69. The van der Waals surface area contributed by atoms with Crippen LogP contribution in [0.3, 0.4) is 0 Å². The SMILES string of the molecule is Cn1cccc1C(=O)N1C[C@@H](CO)[C@H](c2ccncc2)C1. The number of aliphatic hydroxyl groups is 1. The van der Waals surface area contributed by atoms with Crippen LogP contribution in [0.4, 0.5) is 0 Å². The molecule has 0 saturated carbocycles. The predicted molar refractivity (Wildman–Crippen MR) is 78.9 cm³/mol. The molecule has 0 spiro atoms. The molecular formula is C16H19N3O2. The van der Waals surface area contributed by atoms with E-state index in [1.54, 1.807) is 12.4 Å². The number of nitrogens with zero attached hydrogens (tertiary/aromatic N) is 3. The minimum atomic E-state index is 0.0255. The van der Waals surface area contributed by atoms with Crippen molar-refractivity contribution in [2.45, 2.75) is 5.92 Å². The minimum absolute atomic E-state index is 0.0255. The van der Waals surface area contributed by atoms with E-state index in [-0.39, 0.29) is 24.3 Å². The van der Waals surface area contributed by atoms with Crippen LogP contribution in [0.1, 0.15) is 22.0 Å². The highest BCUT2D eigenvalue weighted by Crippen LogP contribution is 2.32. The van der Waals surface area contributed by atoms with Gasteiger partial charge in [-0.05, 0) is 29.8 Å². The first-order chi connectivity index (χ1) is 10.2. The second-order valence-electron chi connectivity index (χ2n) is 5.54. The quantitative estimate of drug-likeness (QED) is 0.924. The van der Waals surface area contributed by atoms with Gasteiger partial charge >= 0.3 is 0 Å². The fourth-order valence-corrected chi connectivity index (χ4v) is 3.06. The summed E-state index contributed by atoms with van der Waals surface area (Å²) in [6.07, 6.45) is 5.38. The molecule has 110 valence electrons. The van der Waals surface area contributed by atoms with Gasteiger partial charge in [-0.1, -0.05) is 0 Å². The Morgan fingerprint density at radius 2 is 2.10 bits per heavy atom. The molecule has 1 aliphatic rings. The first-order valence-corrected chi connectivity index (χ1v) is 7.12. The topological polar surface area (TPSA) is 58.4 Å². The van der Waals surface area contributed by atoms with Gasteiger partial charge in [-0.3, -0.25) is 9.78 Å². The van der Waals surface area contributed by atoms with Crippen molar-refractivity contribution in [1.29, 1.82) is 0 Å². The molecule has 2 aromatic rings. The smallest absolute Gasteiger partial charge is 0.270 e. The Hall–Kier alpha value is -2.14. The molecule has 3 heterocycles. The number of carbonyl (C=O) groups is 1. The molecule has 0 unspecified atom stereocenters. The van der Waals surface area contributed by atoms with Crippen molar-refractivity contribution in [1.82, 2.24) is 14.5 Å². The molecule has 0 aromatic carbocycles. The van der Waals surface area contributed by atoms with Crippen molar-refractivity contribution in [3.63, 3.8) is 0 Å². The van der Waals surface area contributed by atoms with Gasteiger partial charge in [0.2, 0.25) is 0 Å². The molecule has 3 rings (SSSR count). The number of aryl methyl sites for hydroxylation is 1. The van der Waals surface area contributed by atoms with E-state index in [1.807, 2.05) is 47.0 Å². The third-order valence-electron chi connectivity index (χ3n) is 4.26. The lowest BCUT2D eigenvalue weighted by Crippen LogP contribution is -2.30. The average Bonchev–Trinajstić information content (AvgIpc) is 3.13. The summed E-state index contributed by atoms with van der Waals surface area (Å²) >= 11 is 0. The molecule has 0 radical (unpaired) electrons. The highest BCUT2D eigenvalue weighted by molar-refractivity contribution is 5.93. The van der Waals surface area contributed by atoms with Gasteiger partial charge in [-0.15, -0.1) is 0 Å². The maximum atomic E-state index is 12.6.